The minimum absolute atomic E-state index is 0.0717. The van der Waals surface area contributed by atoms with Crippen molar-refractivity contribution in [1.82, 2.24) is 25.3 Å². The fraction of sp³-hybridized carbons (Fsp3) is 0.750. The third-order valence-corrected chi connectivity index (χ3v) is 3.52. The number of likely N-dealkylation sites (N-methyl/N-ethyl adjacent to an activating group) is 1. The van der Waals surface area contributed by atoms with E-state index in [2.05, 4.69) is 10.6 Å². The molecule has 8 nitrogen and oxygen atoms in total. The van der Waals surface area contributed by atoms with Gasteiger partial charge < -0.3 is 15.5 Å². The maximum Gasteiger partial charge on any atom is 0.324 e. The summed E-state index contributed by atoms with van der Waals surface area (Å²) in [6.45, 7) is 4.33. The maximum atomic E-state index is 12.0. The number of nitrogens with one attached hydrogen (secondary N) is 2. The predicted molar refractivity (Wildman–Crippen MR) is 72.1 cm³/mol. The molecule has 2 fully saturated rings. The molecule has 112 valence electrons. The molecule has 2 aliphatic heterocycles. The molecule has 20 heavy (non-hydrogen) atoms. The summed E-state index contributed by atoms with van der Waals surface area (Å²) >= 11 is 0. The zero-order chi connectivity index (χ0) is 14.5. The van der Waals surface area contributed by atoms with Gasteiger partial charge in [0.25, 0.3) is 0 Å². The number of carbonyl (C=O) groups excluding carboxylic acids is 3. The van der Waals surface area contributed by atoms with E-state index >= 15 is 0 Å². The van der Waals surface area contributed by atoms with Crippen LogP contribution in [0.2, 0.25) is 0 Å². The van der Waals surface area contributed by atoms with Gasteiger partial charge in [0.15, 0.2) is 0 Å². The molecule has 0 bridgehead atoms. The average molecular weight is 283 g/mol. The Labute approximate surface area is 118 Å². The molecule has 2 aliphatic rings. The molecule has 0 aromatic rings. The molecule has 0 spiro atoms. The van der Waals surface area contributed by atoms with E-state index in [-0.39, 0.29) is 24.4 Å². The van der Waals surface area contributed by atoms with Crippen molar-refractivity contribution in [3.63, 3.8) is 0 Å². The van der Waals surface area contributed by atoms with Crippen molar-refractivity contribution >= 4 is 17.8 Å². The largest absolute Gasteiger partial charge is 0.339 e. The fourth-order valence-electron chi connectivity index (χ4n) is 2.28. The van der Waals surface area contributed by atoms with E-state index in [0.717, 1.165) is 26.2 Å². The van der Waals surface area contributed by atoms with Crippen molar-refractivity contribution in [1.29, 1.82) is 0 Å². The Morgan fingerprint density at radius 1 is 1.30 bits per heavy atom. The molecular weight excluding hydrogens is 262 g/mol. The van der Waals surface area contributed by atoms with Gasteiger partial charge in [-0.25, -0.2) is 4.79 Å². The Morgan fingerprint density at radius 3 is 2.60 bits per heavy atom. The van der Waals surface area contributed by atoms with Crippen molar-refractivity contribution in [3.8, 4) is 0 Å². The molecule has 8 heteroatoms. The van der Waals surface area contributed by atoms with E-state index in [9.17, 15) is 14.4 Å². The van der Waals surface area contributed by atoms with Gasteiger partial charge in [-0.05, 0) is 7.05 Å². The van der Waals surface area contributed by atoms with Gasteiger partial charge in [-0.2, -0.15) is 0 Å². The lowest BCUT2D eigenvalue weighted by Crippen LogP contribution is -2.49. The van der Waals surface area contributed by atoms with Crippen LogP contribution in [0.15, 0.2) is 0 Å². The van der Waals surface area contributed by atoms with Crippen molar-refractivity contribution in [2.75, 3.05) is 59.4 Å². The quantitative estimate of drug-likeness (QED) is 0.565. The zero-order valence-electron chi connectivity index (χ0n) is 11.7. The Bertz CT molecular complexity index is 379. The summed E-state index contributed by atoms with van der Waals surface area (Å²) < 4.78 is 0. The Hall–Kier alpha value is -1.67. The second-order valence-electron chi connectivity index (χ2n) is 5.07. The summed E-state index contributed by atoms with van der Waals surface area (Å²) in [4.78, 5) is 39.7. The zero-order valence-corrected chi connectivity index (χ0v) is 11.7. The summed E-state index contributed by atoms with van der Waals surface area (Å²) in [5.74, 6) is -0.122. The minimum atomic E-state index is -0.350. The molecule has 4 amide bonds. The number of urea groups is 1. The molecule has 2 saturated heterocycles. The van der Waals surface area contributed by atoms with Gasteiger partial charge >= 0.3 is 6.03 Å². The number of imide groups is 1. The highest BCUT2D eigenvalue weighted by molar-refractivity contribution is 6.01. The van der Waals surface area contributed by atoms with E-state index in [1.807, 2.05) is 16.8 Å². The lowest BCUT2D eigenvalue weighted by atomic mass is 10.3. The van der Waals surface area contributed by atoms with Crippen LogP contribution in [-0.2, 0) is 9.59 Å². The Balaban J connectivity index is 1.72. The number of rotatable bonds is 5. The lowest BCUT2D eigenvalue weighted by molar-refractivity contribution is -0.132. The Morgan fingerprint density at radius 2 is 2.00 bits per heavy atom. The molecule has 0 radical (unpaired) electrons. The summed E-state index contributed by atoms with van der Waals surface area (Å²) in [6, 6.07) is -0.350. The van der Waals surface area contributed by atoms with E-state index in [4.69, 9.17) is 0 Å². The summed E-state index contributed by atoms with van der Waals surface area (Å²) in [7, 11) is 1.82. The SMILES string of the molecule is CN(CCN1C(=O)CNC1=O)CC(=O)N1CCNCC1. The average Bonchev–Trinajstić information content (AvgIpc) is 2.77. The highest BCUT2D eigenvalue weighted by Gasteiger charge is 2.28. The van der Waals surface area contributed by atoms with Crippen LogP contribution in [0.1, 0.15) is 0 Å². The van der Waals surface area contributed by atoms with E-state index in [1.165, 1.54) is 4.90 Å². The molecule has 0 aromatic carbocycles. The van der Waals surface area contributed by atoms with Crippen LogP contribution in [0.25, 0.3) is 0 Å². The van der Waals surface area contributed by atoms with Crippen LogP contribution in [0.3, 0.4) is 0 Å². The van der Waals surface area contributed by atoms with Crippen LogP contribution in [0.5, 0.6) is 0 Å². The van der Waals surface area contributed by atoms with Gasteiger partial charge in [0.05, 0.1) is 13.1 Å². The van der Waals surface area contributed by atoms with Crippen LogP contribution in [0.4, 0.5) is 4.79 Å². The highest BCUT2D eigenvalue weighted by Crippen LogP contribution is 2.00. The molecule has 0 atom stereocenters. The van der Waals surface area contributed by atoms with E-state index in [1.54, 1.807) is 0 Å². The number of piperazine rings is 1. The predicted octanol–water partition coefficient (Wildman–Crippen LogP) is -2.10. The first-order chi connectivity index (χ1) is 9.58. The second kappa shape index (κ2) is 6.67. The second-order valence-corrected chi connectivity index (χ2v) is 5.07. The maximum absolute atomic E-state index is 12.0. The number of nitrogens with zero attached hydrogens (tertiary/aromatic N) is 3. The molecule has 2 rings (SSSR count). The monoisotopic (exact) mass is 283 g/mol. The lowest BCUT2D eigenvalue weighted by Gasteiger charge is -2.29. The number of hydrogen-bond donors (Lipinski definition) is 2. The van der Waals surface area contributed by atoms with Crippen LogP contribution < -0.4 is 10.6 Å². The van der Waals surface area contributed by atoms with Gasteiger partial charge in [-0.3, -0.25) is 19.4 Å². The topological polar surface area (TPSA) is 85.0 Å². The summed E-state index contributed by atoms with van der Waals surface area (Å²) in [5.41, 5.74) is 0. The fourth-order valence-corrected chi connectivity index (χ4v) is 2.28. The van der Waals surface area contributed by atoms with Crippen LogP contribution in [-0.4, -0.2) is 92.0 Å². The number of hydrogen-bond acceptors (Lipinski definition) is 5. The first kappa shape index (κ1) is 14.7. The third-order valence-electron chi connectivity index (χ3n) is 3.52. The van der Waals surface area contributed by atoms with Gasteiger partial charge in [-0.15, -0.1) is 0 Å². The normalized spacial score (nSPS) is 19.7. The van der Waals surface area contributed by atoms with Crippen LogP contribution in [0, 0.1) is 0 Å². The first-order valence-corrected chi connectivity index (χ1v) is 6.83. The van der Waals surface area contributed by atoms with E-state index < -0.39 is 0 Å². The molecule has 2 heterocycles. The molecule has 0 saturated carbocycles. The van der Waals surface area contributed by atoms with Gasteiger partial charge in [-0.1, -0.05) is 0 Å². The molecule has 2 N–H and O–H groups in total. The van der Waals surface area contributed by atoms with Gasteiger partial charge in [0.1, 0.15) is 0 Å². The van der Waals surface area contributed by atoms with Crippen molar-refractivity contribution in [3.05, 3.63) is 0 Å². The smallest absolute Gasteiger partial charge is 0.324 e. The highest BCUT2D eigenvalue weighted by atomic mass is 16.2. The minimum Gasteiger partial charge on any atom is -0.339 e. The molecule has 0 unspecified atom stereocenters. The molecule has 0 aliphatic carbocycles. The van der Waals surface area contributed by atoms with E-state index in [0.29, 0.717) is 19.6 Å². The summed E-state index contributed by atoms with van der Waals surface area (Å²) in [6.07, 6.45) is 0. The molecule has 0 aromatic heterocycles. The van der Waals surface area contributed by atoms with Crippen molar-refractivity contribution in [2.24, 2.45) is 0 Å². The van der Waals surface area contributed by atoms with Crippen molar-refractivity contribution in [2.45, 2.75) is 0 Å². The number of amides is 4. The van der Waals surface area contributed by atoms with Crippen LogP contribution >= 0.6 is 0 Å². The third kappa shape index (κ3) is 3.67. The summed E-state index contributed by atoms with van der Waals surface area (Å²) in [5, 5.41) is 5.67. The standard InChI is InChI=1S/C12H21N5O3/c1-15(6-7-17-10(18)8-14-12(17)20)9-11(19)16-4-2-13-3-5-16/h13H,2-9H2,1H3,(H,14,20). The Kier molecular flexibility index (Phi) is 4.91. The molecular formula is C12H21N5O3. The van der Waals surface area contributed by atoms with Gasteiger partial charge in [0, 0.05) is 39.3 Å². The number of carbonyl (C=O) groups is 3. The first-order valence-electron chi connectivity index (χ1n) is 6.83. The van der Waals surface area contributed by atoms with Gasteiger partial charge in [0.2, 0.25) is 11.8 Å². The van der Waals surface area contributed by atoms with Crippen molar-refractivity contribution < 1.29 is 14.4 Å².